The molecule has 1 amide bonds. The van der Waals surface area contributed by atoms with E-state index >= 15 is 4.39 Å². The number of hydrogen-bond acceptors (Lipinski definition) is 5. The monoisotopic (exact) mass is 406 g/mol. The molecule has 8 heteroatoms. The molecular formula is C21H24F2N2O4. The number of nitrogens with zero attached hydrogens (tertiary/aromatic N) is 1. The van der Waals surface area contributed by atoms with Crippen LogP contribution < -0.4 is 10.1 Å². The molecule has 1 heterocycles. The number of phenolic OH excluding ortho intramolecular Hbond substituents is 1. The van der Waals surface area contributed by atoms with Gasteiger partial charge in [-0.1, -0.05) is 6.07 Å². The van der Waals surface area contributed by atoms with E-state index in [4.69, 9.17) is 9.47 Å². The fourth-order valence-electron chi connectivity index (χ4n) is 3.51. The summed E-state index contributed by atoms with van der Waals surface area (Å²) in [6.45, 7) is 4.47. The van der Waals surface area contributed by atoms with Crippen LogP contribution in [0, 0.1) is 11.6 Å². The summed E-state index contributed by atoms with van der Waals surface area (Å²) in [5.74, 6) is -1.57. The summed E-state index contributed by atoms with van der Waals surface area (Å²) in [6.07, 6.45) is -0.613. The van der Waals surface area contributed by atoms with Gasteiger partial charge < -0.3 is 24.8 Å². The third-order valence-corrected chi connectivity index (χ3v) is 5.06. The Labute approximate surface area is 168 Å². The van der Waals surface area contributed by atoms with Crippen molar-refractivity contribution in [1.29, 1.82) is 0 Å². The smallest absolute Gasteiger partial charge is 0.410 e. The lowest BCUT2D eigenvalue weighted by atomic mass is 10.0. The van der Waals surface area contributed by atoms with Crippen LogP contribution in [0.1, 0.15) is 19.4 Å². The number of piperazine rings is 1. The molecule has 156 valence electrons. The summed E-state index contributed by atoms with van der Waals surface area (Å²) < 4.78 is 39.5. The number of halogens is 2. The Morgan fingerprint density at radius 3 is 2.52 bits per heavy atom. The summed E-state index contributed by atoms with van der Waals surface area (Å²) in [5.41, 5.74) is 0.0821. The zero-order valence-electron chi connectivity index (χ0n) is 16.5. The van der Waals surface area contributed by atoms with Gasteiger partial charge in [-0.05, 0) is 43.7 Å². The molecule has 0 bridgehead atoms. The average molecular weight is 406 g/mol. The summed E-state index contributed by atoms with van der Waals surface area (Å²) in [7, 11) is 1.40. The molecule has 0 saturated carbocycles. The van der Waals surface area contributed by atoms with Crippen LogP contribution in [0.4, 0.5) is 13.6 Å². The van der Waals surface area contributed by atoms with Gasteiger partial charge in [-0.3, -0.25) is 0 Å². The maximum absolute atomic E-state index is 15.0. The van der Waals surface area contributed by atoms with Crippen molar-refractivity contribution >= 4 is 6.09 Å². The number of benzene rings is 2. The molecule has 0 radical (unpaired) electrons. The topological polar surface area (TPSA) is 71.0 Å². The molecule has 1 aliphatic rings. The highest BCUT2D eigenvalue weighted by Crippen LogP contribution is 2.34. The SMILES string of the molecule is COc1ccc(-c2ccc(F)c(COC(=O)N3C(C)CNCC3C)c2F)cc1O. The van der Waals surface area contributed by atoms with Crippen LogP contribution in [0.15, 0.2) is 30.3 Å². The van der Waals surface area contributed by atoms with Crippen LogP contribution in [-0.4, -0.2) is 48.4 Å². The molecule has 2 atom stereocenters. The first-order valence-electron chi connectivity index (χ1n) is 9.33. The Kier molecular flexibility index (Phi) is 6.22. The highest BCUT2D eigenvalue weighted by atomic mass is 19.1. The number of rotatable bonds is 4. The third kappa shape index (κ3) is 4.27. The van der Waals surface area contributed by atoms with Crippen LogP contribution in [0.5, 0.6) is 11.5 Å². The van der Waals surface area contributed by atoms with Crippen LogP contribution >= 0.6 is 0 Å². The lowest BCUT2D eigenvalue weighted by Gasteiger charge is -2.38. The number of methoxy groups -OCH3 is 1. The van der Waals surface area contributed by atoms with E-state index in [9.17, 15) is 14.3 Å². The lowest BCUT2D eigenvalue weighted by Crippen LogP contribution is -2.57. The van der Waals surface area contributed by atoms with Crippen LogP contribution in [-0.2, 0) is 11.3 Å². The van der Waals surface area contributed by atoms with Crippen molar-refractivity contribution in [2.75, 3.05) is 20.2 Å². The number of ether oxygens (including phenoxy) is 2. The number of carbonyl (C=O) groups excluding carboxylic acids is 1. The van der Waals surface area contributed by atoms with Gasteiger partial charge in [0.05, 0.1) is 12.7 Å². The highest BCUT2D eigenvalue weighted by molar-refractivity contribution is 5.70. The van der Waals surface area contributed by atoms with E-state index in [2.05, 4.69) is 5.32 Å². The molecule has 0 aliphatic carbocycles. The van der Waals surface area contributed by atoms with Crippen molar-refractivity contribution in [2.45, 2.75) is 32.5 Å². The Balaban J connectivity index is 1.82. The molecule has 1 aliphatic heterocycles. The number of amides is 1. The molecule has 6 nitrogen and oxygen atoms in total. The molecule has 2 unspecified atom stereocenters. The fourth-order valence-corrected chi connectivity index (χ4v) is 3.51. The first-order chi connectivity index (χ1) is 13.8. The Morgan fingerprint density at radius 1 is 1.21 bits per heavy atom. The van der Waals surface area contributed by atoms with Gasteiger partial charge in [0.15, 0.2) is 11.5 Å². The summed E-state index contributed by atoms with van der Waals surface area (Å²) >= 11 is 0. The van der Waals surface area contributed by atoms with Crippen molar-refractivity contribution in [2.24, 2.45) is 0 Å². The molecule has 1 saturated heterocycles. The molecule has 29 heavy (non-hydrogen) atoms. The van der Waals surface area contributed by atoms with E-state index in [1.807, 2.05) is 13.8 Å². The molecular weight excluding hydrogens is 382 g/mol. The van der Waals surface area contributed by atoms with Crippen molar-refractivity contribution in [3.63, 3.8) is 0 Å². The molecule has 0 aromatic heterocycles. The van der Waals surface area contributed by atoms with Gasteiger partial charge in [0.25, 0.3) is 0 Å². The van der Waals surface area contributed by atoms with Gasteiger partial charge in [0.1, 0.15) is 18.2 Å². The van der Waals surface area contributed by atoms with Gasteiger partial charge in [0.2, 0.25) is 0 Å². The first-order valence-corrected chi connectivity index (χ1v) is 9.33. The number of hydrogen-bond donors (Lipinski definition) is 2. The molecule has 2 aromatic carbocycles. The van der Waals surface area contributed by atoms with Gasteiger partial charge in [-0.25, -0.2) is 13.6 Å². The number of aromatic hydroxyl groups is 1. The second-order valence-corrected chi connectivity index (χ2v) is 7.09. The van der Waals surface area contributed by atoms with E-state index in [-0.39, 0.29) is 34.7 Å². The summed E-state index contributed by atoms with van der Waals surface area (Å²) in [4.78, 5) is 14.0. The van der Waals surface area contributed by atoms with Crippen molar-refractivity contribution in [3.05, 3.63) is 47.5 Å². The van der Waals surface area contributed by atoms with Gasteiger partial charge in [-0.15, -0.1) is 0 Å². The number of carbonyl (C=O) groups is 1. The molecule has 0 spiro atoms. The average Bonchev–Trinajstić information content (AvgIpc) is 2.67. The first kappa shape index (κ1) is 20.9. The molecule has 1 fully saturated rings. The second kappa shape index (κ2) is 8.65. The second-order valence-electron chi connectivity index (χ2n) is 7.09. The van der Waals surface area contributed by atoms with Crippen molar-refractivity contribution in [1.82, 2.24) is 10.2 Å². The van der Waals surface area contributed by atoms with Gasteiger partial charge in [-0.2, -0.15) is 0 Å². The maximum atomic E-state index is 15.0. The van der Waals surface area contributed by atoms with E-state index in [0.29, 0.717) is 18.7 Å². The summed E-state index contributed by atoms with van der Waals surface area (Å²) in [5, 5.41) is 13.1. The standard InChI is InChI=1S/C21H24F2N2O4/c1-12-9-24-10-13(2)25(12)21(27)29-11-16-17(22)6-5-15(20(16)23)14-4-7-19(28-3)18(26)8-14/h4-8,12-13,24,26H,9-11H2,1-3H3. The Hall–Kier alpha value is -2.87. The summed E-state index contributed by atoms with van der Waals surface area (Å²) in [6, 6.07) is 6.57. The minimum absolute atomic E-state index is 0.0827. The quantitative estimate of drug-likeness (QED) is 0.811. The molecule has 2 aromatic rings. The minimum Gasteiger partial charge on any atom is -0.504 e. The number of nitrogens with one attached hydrogen (secondary N) is 1. The van der Waals surface area contributed by atoms with Gasteiger partial charge in [0, 0.05) is 30.7 Å². The number of phenols is 1. The van der Waals surface area contributed by atoms with E-state index in [0.717, 1.165) is 6.07 Å². The lowest BCUT2D eigenvalue weighted by molar-refractivity contribution is 0.0552. The predicted octanol–water partition coefficient (Wildman–Crippen LogP) is 3.66. The van der Waals surface area contributed by atoms with Crippen LogP contribution in [0.2, 0.25) is 0 Å². The van der Waals surface area contributed by atoms with E-state index in [1.54, 1.807) is 11.0 Å². The predicted molar refractivity (Wildman–Crippen MR) is 104 cm³/mol. The Morgan fingerprint density at radius 2 is 1.90 bits per heavy atom. The van der Waals surface area contributed by atoms with E-state index < -0.39 is 24.3 Å². The van der Waals surface area contributed by atoms with Gasteiger partial charge >= 0.3 is 6.09 Å². The van der Waals surface area contributed by atoms with Crippen LogP contribution in [0.25, 0.3) is 11.1 Å². The van der Waals surface area contributed by atoms with Crippen molar-refractivity contribution in [3.8, 4) is 22.6 Å². The molecule has 2 N–H and O–H groups in total. The van der Waals surface area contributed by atoms with E-state index in [1.165, 1.54) is 25.3 Å². The highest BCUT2D eigenvalue weighted by Gasteiger charge is 2.30. The zero-order chi connectivity index (χ0) is 21.1. The minimum atomic E-state index is -0.844. The van der Waals surface area contributed by atoms with Crippen molar-refractivity contribution < 1.29 is 28.2 Å². The Bertz CT molecular complexity index is 896. The molecule has 3 rings (SSSR count). The normalized spacial score (nSPS) is 19.1. The fraction of sp³-hybridized carbons (Fsp3) is 0.381. The van der Waals surface area contributed by atoms with Crippen LogP contribution in [0.3, 0.4) is 0 Å². The zero-order valence-corrected chi connectivity index (χ0v) is 16.5. The third-order valence-electron chi connectivity index (χ3n) is 5.06. The maximum Gasteiger partial charge on any atom is 0.410 e. The largest absolute Gasteiger partial charge is 0.504 e.